The summed E-state index contributed by atoms with van der Waals surface area (Å²) in [7, 11) is -1.49. The smallest absolute Gasteiger partial charge is 0.422 e. The lowest BCUT2D eigenvalue weighted by atomic mass is 9.86. The van der Waals surface area contributed by atoms with Gasteiger partial charge < -0.3 is 15.0 Å². The van der Waals surface area contributed by atoms with Gasteiger partial charge in [-0.2, -0.15) is 0 Å². The third-order valence-corrected chi connectivity index (χ3v) is 2.42. The largest absolute Gasteiger partial charge is 0.505 e. The Morgan fingerprint density at radius 3 is 2.64 bits per heavy atom. The lowest BCUT2D eigenvalue weighted by Crippen LogP contribution is -2.30. The van der Waals surface area contributed by atoms with Crippen LogP contribution in [0.2, 0.25) is 5.02 Å². The van der Waals surface area contributed by atoms with Crippen LogP contribution in [0.5, 0.6) is 0 Å². The zero-order valence-electron chi connectivity index (χ0n) is 7.58. The number of nitrogens with one attached hydrogen (secondary N) is 1. The number of aromatic amines is 1. The van der Waals surface area contributed by atoms with Gasteiger partial charge in [0.05, 0.1) is 10.5 Å². The van der Waals surface area contributed by atoms with Crippen LogP contribution in [0.25, 0.3) is 10.9 Å². The van der Waals surface area contributed by atoms with E-state index >= 15 is 0 Å². The van der Waals surface area contributed by atoms with Gasteiger partial charge in [-0.15, -0.1) is 0 Å². The van der Waals surface area contributed by atoms with Gasteiger partial charge in [0, 0.05) is 11.0 Å². The number of rotatable bonds is 1. The number of benzene rings is 1. The number of aromatic nitrogens is 1. The highest BCUT2D eigenvalue weighted by Crippen LogP contribution is 2.22. The summed E-state index contributed by atoms with van der Waals surface area (Å²) >= 11 is 5.99. The molecular formula is C9H9BClNO2. The van der Waals surface area contributed by atoms with Gasteiger partial charge in [-0.1, -0.05) is 11.6 Å². The van der Waals surface area contributed by atoms with Crippen LogP contribution in [0.1, 0.15) is 5.56 Å². The summed E-state index contributed by atoms with van der Waals surface area (Å²) in [6.07, 6.45) is 0. The molecule has 1 heterocycles. The molecule has 0 spiro atoms. The third kappa shape index (κ3) is 1.52. The molecular weight excluding hydrogens is 200 g/mol. The Bertz CT molecular complexity index is 481. The summed E-state index contributed by atoms with van der Waals surface area (Å²) in [6, 6.07) is 5.44. The summed E-state index contributed by atoms with van der Waals surface area (Å²) in [6.45, 7) is 1.94. The summed E-state index contributed by atoms with van der Waals surface area (Å²) in [5.74, 6) is 0. The van der Waals surface area contributed by atoms with Crippen molar-refractivity contribution in [1.29, 1.82) is 0 Å². The molecule has 0 bridgehead atoms. The molecule has 5 heteroatoms. The van der Waals surface area contributed by atoms with E-state index in [0.717, 1.165) is 16.5 Å². The zero-order chi connectivity index (χ0) is 10.3. The van der Waals surface area contributed by atoms with Crippen molar-refractivity contribution >= 4 is 35.2 Å². The Morgan fingerprint density at radius 2 is 2.00 bits per heavy atom. The van der Waals surface area contributed by atoms with Crippen LogP contribution in [0.3, 0.4) is 0 Å². The molecule has 72 valence electrons. The number of H-pyrrole nitrogens is 1. The van der Waals surface area contributed by atoms with Gasteiger partial charge in [-0.25, -0.2) is 0 Å². The molecule has 1 aromatic heterocycles. The van der Waals surface area contributed by atoms with Gasteiger partial charge in [-0.3, -0.25) is 0 Å². The lowest BCUT2D eigenvalue weighted by molar-refractivity contribution is 0.424. The number of hydrogen-bond donors (Lipinski definition) is 3. The third-order valence-electron chi connectivity index (χ3n) is 2.12. The van der Waals surface area contributed by atoms with Crippen molar-refractivity contribution in [2.24, 2.45) is 0 Å². The first kappa shape index (κ1) is 9.58. The summed E-state index contributed by atoms with van der Waals surface area (Å²) in [5.41, 5.74) is 2.13. The molecule has 3 nitrogen and oxygen atoms in total. The minimum Gasteiger partial charge on any atom is -0.422 e. The zero-order valence-corrected chi connectivity index (χ0v) is 8.34. The number of hydrogen-bond acceptors (Lipinski definition) is 2. The molecule has 3 N–H and O–H groups in total. The molecule has 0 unspecified atom stereocenters. The van der Waals surface area contributed by atoms with Gasteiger partial charge in [-0.05, 0) is 30.7 Å². The fourth-order valence-corrected chi connectivity index (χ4v) is 1.83. The molecule has 0 amide bonds. The molecule has 0 aliphatic rings. The van der Waals surface area contributed by atoms with Gasteiger partial charge in [0.25, 0.3) is 0 Å². The van der Waals surface area contributed by atoms with Crippen LogP contribution < -0.4 is 5.59 Å². The Kier molecular flexibility index (Phi) is 2.27. The van der Waals surface area contributed by atoms with Crippen molar-refractivity contribution in [3.05, 3.63) is 28.8 Å². The van der Waals surface area contributed by atoms with E-state index < -0.39 is 7.12 Å². The van der Waals surface area contributed by atoms with Gasteiger partial charge in [0.2, 0.25) is 0 Å². The highest BCUT2D eigenvalue weighted by molar-refractivity contribution is 6.58. The second-order valence-corrected chi connectivity index (χ2v) is 3.72. The first-order valence-corrected chi connectivity index (χ1v) is 4.60. The topological polar surface area (TPSA) is 56.2 Å². The van der Waals surface area contributed by atoms with E-state index in [2.05, 4.69) is 4.98 Å². The van der Waals surface area contributed by atoms with E-state index in [1.54, 1.807) is 6.07 Å². The van der Waals surface area contributed by atoms with Crippen LogP contribution >= 0.6 is 11.6 Å². The average Bonchev–Trinajstić information content (AvgIpc) is 2.47. The van der Waals surface area contributed by atoms with Gasteiger partial charge in [0.1, 0.15) is 0 Å². The van der Waals surface area contributed by atoms with Crippen molar-refractivity contribution in [2.75, 3.05) is 0 Å². The first-order valence-electron chi connectivity index (χ1n) is 4.23. The van der Waals surface area contributed by atoms with E-state index in [1.807, 2.05) is 19.1 Å². The maximum absolute atomic E-state index is 8.97. The molecule has 0 fully saturated rings. The standard InChI is InChI=1S/C9H9BClNO2/c1-5-2-6-4-8(10(13)14)12-9(6)7(11)3-5/h2-4,12-14H,1H3. The molecule has 0 radical (unpaired) electrons. The average molecular weight is 209 g/mol. The molecule has 1 aromatic carbocycles. The molecule has 0 saturated carbocycles. The molecule has 2 rings (SSSR count). The number of aryl methyl sites for hydroxylation is 1. The molecule has 0 aliphatic carbocycles. The van der Waals surface area contributed by atoms with Crippen molar-refractivity contribution < 1.29 is 10.0 Å². The predicted molar refractivity (Wildman–Crippen MR) is 57.9 cm³/mol. The van der Waals surface area contributed by atoms with Crippen LogP contribution in [-0.2, 0) is 0 Å². The van der Waals surface area contributed by atoms with Crippen LogP contribution in [0.4, 0.5) is 0 Å². The van der Waals surface area contributed by atoms with Crippen LogP contribution in [-0.4, -0.2) is 22.2 Å². The molecule has 0 saturated heterocycles. The summed E-state index contributed by atoms with van der Waals surface area (Å²) in [4.78, 5) is 2.86. The fourth-order valence-electron chi connectivity index (χ4n) is 1.50. The monoisotopic (exact) mass is 209 g/mol. The second kappa shape index (κ2) is 3.31. The SMILES string of the molecule is Cc1cc(Cl)c2[nH]c(B(O)O)cc2c1. The minimum absolute atomic E-state index is 0.354. The molecule has 14 heavy (non-hydrogen) atoms. The summed E-state index contributed by atoms with van der Waals surface area (Å²) in [5, 5.41) is 19.4. The second-order valence-electron chi connectivity index (χ2n) is 3.31. The number of fused-ring (bicyclic) bond motifs is 1. The highest BCUT2D eigenvalue weighted by Gasteiger charge is 2.15. The van der Waals surface area contributed by atoms with Crippen molar-refractivity contribution in [1.82, 2.24) is 4.98 Å². The minimum atomic E-state index is -1.49. The predicted octanol–water partition coefficient (Wildman–Crippen LogP) is 0.810. The quantitative estimate of drug-likeness (QED) is 0.609. The normalized spacial score (nSPS) is 10.9. The van der Waals surface area contributed by atoms with E-state index in [-0.39, 0.29) is 0 Å². The van der Waals surface area contributed by atoms with E-state index in [4.69, 9.17) is 21.6 Å². The maximum atomic E-state index is 8.97. The number of halogens is 1. The van der Waals surface area contributed by atoms with E-state index in [0.29, 0.717) is 10.6 Å². The first-order chi connectivity index (χ1) is 6.58. The molecule has 2 aromatic rings. The van der Waals surface area contributed by atoms with Crippen molar-refractivity contribution in [2.45, 2.75) is 6.92 Å². The Morgan fingerprint density at radius 1 is 1.29 bits per heavy atom. The molecule has 0 atom stereocenters. The Hall–Kier alpha value is -0.965. The van der Waals surface area contributed by atoms with Gasteiger partial charge >= 0.3 is 7.12 Å². The maximum Gasteiger partial charge on any atom is 0.505 e. The lowest BCUT2D eigenvalue weighted by Gasteiger charge is -1.96. The summed E-state index contributed by atoms with van der Waals surface area (Å²) < 4.78 is 0. The van der Waals surface area contributed by atoms with Crippen molar-refractivity contribution in [3.63, 3.8) is 0 Å². The van der Waals surface area contributed by atoms with E-state index in [1.165, 1.54) is 0 Å². The Labute approximate surface area is 86.5 Å². The van der Waals surface area contributed by atoms with Crippen LogP contribution in [0.15, 0.2) is 18.2 Å². The molecule has 0 aliphatic heterocycles. The van der Waals surface area contributed by atoms with Crippen LogP contribution in [0, 0.1) is 6.92 Å². The van der Waals surface area contributed by atoms with E-state index in [9.17, 15) is 0 Å². The highest BCUT2D eigenvalue weighted by atomic mass is 35.5. The van der Waals surface area contributed by atoms with Gasteiger partial charge in [0.15, 0.2) is 0 Å². The Balaban J connectivity index is 2.70. The fraction of sp³-hybridized carbons (Fsp3) is 0.111. The van der Waals surface area contributed by atoms with Crippen molar-refractivity contribution in [3.8, 4) is 0 Å².